The average molecular weight is 298 g/mol. The summed E-state index contributed by atoms with van der Waals surface area (Å²) in [6.45, 7) is 7.05. The summed E-state index contributed by atoms with van der Waals surface area (Å²) in [6.07, 6.45) is 0. The van der Waals surface area contributed by atoms with Gasteiger partial charge in [0.25, 0.3) is 0 Å². The van der Waals surface area contributed by atoms with Crippen LogP contribution >= 0.6 is 0 Å². The number of ether oxygens (including phenoxy) is 2. The molecule has 0 spiro atoms. The van der Waals surface area contributed by atoms with Crippen molar-refractivity contribution in [2.24, 2.45) is 0 Å². The number of phenols is 1. The van der Waals surface area contributed by atoms with Gasteiger partial charge < -0.3 is 0 Å². The number of hydrogen-bond donors (Lipinski definition) is 1. The van der Waals surface area contributed by atoms with Crippen molar-refractivity contribution < 1.29 is 30.4 Å². The molecule has 1 N–H and O–H groups in total. The first-order valence-corrected chi connectivity index (χ1v) is 6.64. The summed E-state index contributed by atoms with van der Waals surface area (Å²) in [4.78, 5) is 0. The Morgan fingerprint density at radius 3 is 2.47 bits per heavy atom. The molecule has 1 aromatic carbocycles. The summed E-state index contributed by atoms with van der Waals surface area (Å²) >= 11 is 2.93. The van der Waals surface area contributed by atoms with Crippen molar-refractivity contribution in [3.63, 3.8) is 0 Å². The predicted octanol–water partition coefficient (Wildman–Crippen LogP) is 2.09. The number of aryl methyl sites for hydroxylation is 2. The molecule has 0 radical (unpaired) electrons. The summed E-state index contributed by atoms with van der Waals surface area (Å²) in [6, 6.07) is 3.44. The maximum atomic E-state index is 9.50. The van der Waals surface area contributed by atoms with Crippen molar-refractivity contribution in [1.29, 1.82) is 0 Å². The van der Waals surface area contributed by atoms with E-state index < -0.39 is 0 Å². The SMILES string of the molecule is CC#CCOCCO[C](=[Cr])c1c(C)cc(O)cc1C. The molecule has 0 amide bonds. The average Bonchev–Trinajstić information content (AvgIpc) is 2.32. The van der Waals surface area contributed by atoms with Gasteiger partial charge in [0, 0.05) is 0 Å². The fourth-order valence-corrected chi connectivity index (χ4v) is 2.36. The van der Waals surface area contributed by atoms with Gasteiger partial charge in [0.2, 0.25) is 0 Å². The Labute approximate surface area is 122 Å². The second-order valence-electron chi connectivity index (χ2n) is 4.07. The van der Waals surface area contributed by atoms with Crippen molar-refractivity contribution in [3.05, 3.63) is 28.8 Å². The van der Waals surface area contributed by atoms with Gasteiger partial charge in [-0.05, 0) is 0 Å². The standard InChI is InChI=1S/C15H18O3.Cr/c1-4-5-6-17-7-8-18-11-15-12(2)9-14(16)10-13(15)3;/h9-10,16H,6-8H2,1-3H3;. The van der Waals surface area contributed by atoms with Gasteiger partial charge in [0.1, 0.15) is 0 Å². The van der Waals surface area contributed by atoms with Crippen LogP contribution in [0, 0.1) is 25.7 Å². The summed E-state index contributed by atoms with van der Waals surface area (Å²) in [5.74, 6) is 5.86. The third-order valence-electron chi connectivity index (χ3n) is 2.53. The van der Waals surface area contributed by atoms with Gasteiger partial charge in [-0.15, -0.1) is 0 Å². The van der Waals surface area contributed by atoms with Gasteiger partial charge in [-0.25, -0.2) is 0 Å². The first kappa shape index (κ1) is 16.0. The van der Waals surface area contributed by atoms with Crippen LogP contribution in [0.15, 0.2) is 12.1 Å². The Hall–Kier alpha value is -1.10. The molecular formula is C15H18CrO3. The van der Waals surface area contributed by atoms with Crippen LogP contribution in [-0.4, -0.2) is 29.5 Å². The van der Waals surface area contributed by atoms with E-state index in [0.29, 0.717) is 19.8 Å². The van der Waals surface area contributed by atoms with Gasteiger partial charge >= 0.3 is 122 Å². The molecule has 4 heteroatoms. The number of hydrogen-bond acceptors (Lipinski definition) is 3. The summed E-state index contributed by atoms with van der Waals surface area (Å²) in [7, 11) is 0. The Kier molecular flexibility index (Phi) is 6.84. The Morgan fingerprint density at radius 2 is 1.89 bits per heavy atom. The van der Waals surface area contributed by atoms with E-state index >= 15 is 0 Å². The fraction of sp³-hybridized carbons (Fsp3) is 0.400. The molecule has 102 valence electrons. The molecule has 0 atom stereocenters. The Morgan fingerprint density at radius 1 is 1.26 bits per heavy atom. The third-order valence-corrected chi connectivity index (χ3v) is 3.04. The van der Waals surface area contributed by atoms with Crippen molar-refractivity contribution in [2.45, 2.75) is 20.8 Å². The quantitative estimate of drug-likeness (QED) is 0.645. The monoisotopic (exact) mass is 298 g/mol. The van der Waals surface area contributed by atoms with E-state index in [1.807, 2.05) is 13.8 Å². The number of phenolic OH excluding ortho intramolecular Hbond substituents is 1. The second-order valence-corrected chi connectivity index (χ2v) is 4.65. The van der Waals surface area contributed by atoms with Gasteiger partial charge in [0.05, 0.1) is 0 Å². The van der Waals surface area contributed by atoms with E-state index in [-0.39, 0.29) is 5.75 Å². The van der Waals surface area contributed by atoms with Crippen LogP contribution in [0.2, 0.25) is 0 Å². The van der Waals surface area contributed by atoms with Crippen molar-refractivity contribution in [1.82, 2.24) is 0 Å². The molecule has 1 rings (SSSR count). The molecule has 0 aliphatic carbocycles. The molecule has 0 saturated heterocycles. The molecule has 0 aromatic heterocycles. The summed E-state index contributed by atoms with van der Waals surface area (Å²) < 4.78 is 11.6. The molecule has 0 fully saturated rings. The fourth-order valence-electron chi connectivity index (χ4n) is 1.72. The number of rotatable bonds is 6. The summed E-state index contributed by atoms with van der Waals surface area (Å²) in [5.41, 5.74) is 2.94. The maximum absolute atomic E-state index is 9.50. The molecule has 0 saturated carbocycles. The van der Waals surface area contributed by atoms with Crippen LogP contribution in [-0.2, 0) is 25.3 Å². The van der Waals surface area contributed by atoms with E-state index in [2.05, 4.69) is 27.7 Å². The third kappa shape index (κ3) is 5.19. The van der Waals surface area contributed by atoms with E-state index in [1.165, 1.54) is 0 Å². The minimum atomic E-state index is 0.271. The van der Waals surface area contributed by atoms with Gasteiger partial charge in [-0.1, -0.05) is 0 Å². The topological polar surface area (TPSA) is 38.7 Å². The zero-order valence-corrected chi connectivity index (χ0v) is 12.7. The van der Waals surface area contributed by atoms with Crippen molar-refractivity contribution >= 4 is 4.57 Å². The molecule has 0 aliphatic heterocycles. The first-order valence-electron chi connectivity index (χ1n) is 6.01. The van der Waals surface area contributed by atoms with Crippen LogP contribution in [0.1, 0.15) is 23.6 Å². The van der Waals surface area contributed by atoms with Crippen LogP contribution in [0.4, 0.5) is 0 Å². The molecule has 0 bridgehead atoms. The van der Waals surface area contributed by atoms with Crippen LogP contribution in [0.3, 0.4) is 0 Å². The van der Waals surface area contributed by atoms with Crippen molar-refractivity contribution in [3.8, 4) is 17.6 Å². The van der Waals surface area contributed by atoms with Gasteiger partial charge in [0.15, 0.2) is 0 Å². The number of benzene rings is 1. The van der Waals surface area contributed by atoms with Crippen LogP contribution in [0.5, 0.6) is 5.75 Å². The van der Waals surface area contributed by atoms with Gasteiger partial charge in [-0.3, -0.25) is 0 Å². The predicted molar refractivity (Wildman–Crippen MR) is 71.9 cm³/mol. The molecule has 3 nitrogen and oxygen atoms in total. The Bertz CT molecular complexity index is 489. The van der Waals surface area contributed by atoms with Gasteiger partial charge in [-0.2, -0.15) is 0 Å². The molecule has 0 unspecified atom stereocenters. The Balaban J connectivity index is 2.52. The second kappa shape index (κ2) is 8.15. The van der Waals surface area contributed by atoms with E-state index in [4.69, 9.17) is 9.47 Å². The van der Waals surface area contributed by atoms with Crippen LogP contribution < -0.4 is 0 Å². The zero-order chi connectivity index (χ0) is 14.3. The molecule has 0 aliphatic rings. The van der Waals surface area contributed by atoms with Crippen LogP contribution in [0.25, 0.3) is 0 Å². The zero-order valence-electron chi connectivity index (χ0n) is 11.4. The molecular weight excluding hydrogens is 280 g/mol. The van der Waals surface area contributed by atoms with E-state index in [9.17, 15) is 5.11 Å². The minimum absolute atomic E-state index is 0.271. The van der Waals surface area contributed by atoms with Crippen molar-refractivity contribution in [2.75, 3.05) is 19.8 Å². The normalized spacial score (nSPS) is 9.84. The first-order chi connectivity index (χ1) is 9.06. The molecule has 19 heavy (non-hydrogen) atoms. The number of aromatic hydroxyl groups is 1. The van der Waals surface area contributed by atoms with E-state index in [0.717, 1.165) is 21.3 Å². The molecule has 1 aromatic rings. The van der Waals surface area contributed by atoms with E-state index in [1.54, 1.807) is 19.1 Å². The summed E-state index contributed by atoms with van der Waals surface area (Å²) in [5, 5.41) is 9.50. The molecule has 0 heterocycles.